The number of rotatable bonds is 10. The molecule has 2 atom stereocenters. The van der Waals surface area contributed by atoms with E-state index in [0.717, 1.165) is 0 Å². The average Bonchev–Trinajstić information content (AvgIpc) is 3.18. The monoisotopic (exact) mass is 384 g/mol. The molecule has 0 saturated heterocycles. The summed E-state index contributed by atoms with van der Waals surface area (Å²) in [7, 11) is 0. The van der Waals surface area contributed by atoms with E-state index in [0.29, 0.717) is 26.3 Å². The molecular formula is C12H18N6NiO5. The molecule has 0 aromatic carbocycles. The van der Waals surface area contributed by atoms with E-state index >= 15 is 0 Å². The van der Waals surface area contributed by atoms with E-state index in [2.05, 4.69) is 28.7 Å². The maximum atomic E-state index is 11.2. The molecule has 24 heavy (non-hydrogen) atoms. The Bertz CT molecular complexity index is 566. The normalized spacial score (nSPS) is 13.2. The third-order valence-electron chi connectivity index (χ3n) is 2.84. The van der Waals surface area contributed by atoms with Crippen LogP contribution in [-0.4, -0.2) is 59.6 Å². The van der Waals surface area contributed by atoms with Crippen molar-refractivity contribution in [2.24, 2.45) is 0 Å². The van der Waals surface area contributed by atoms with Gasteiger partial charge in [-0.3, -0.25) is 0 Å². The van der Waals surface area contributed by atoms with Crippen molar-refractivity contribution < 1.29 is 40.1 Å². The van der Waals surface area contributed by atoms with Crippen LogP contribution in [0.4, 0.5) is 0 Å². The molecule has 2 heterocycles. The summed E-state index contributed by atoms with van der Waals surface area (Å²) in [6.07, 6.45) is 6.49. The van der Waals surface area contributed by atoms with Gasteiger partial charge in [0.1, 0.15) is 0 Å². The van der Waals surface area contributed by atoms with Gasteiger partial charge in [-0.05, 0) is 0 Å². The van der Waals surface area contributed by atoms with E-state index < -0.39 is 24.0 Å². The van der Waals surface area contributed by atoms with Crippen LogP contribution in [0.2, 0.25) is 0 Å². The molecule has 0 radical (unpaired) electrons. The molecule has 2 rings (SSSR count). The van der Waals surface area contributed by atoms with Crippen LogP contribution >= 0.6 is 0 Å². The second kappa shape index (κ2) is 9.78. The van der Waals surface area contributed by atoms with Gasteiger partial charge in [0.15, 0.2) is 0 Å². The minimum atomic E-state index is -1.05. The summed E-state index contributed by atoms with van der Waals surface area (Å²) in [5, 5.41) is 18.4. The van der Waals surface area contributed by atoms with Gasteiger partial charge in [-0.25, -0.2) is 0 Å². The molecule has 11 nitrogen and oxygen atoms in total. The van der Waals surface area contributed by atoms with Crippen LogP contribution in [0.15, 0.2) is 25.0 Å². The molecule has 0 aliphatic rings. The number of nitrogens with zero attached hydrogens (tertiary/aromatic N) is 2. The van der Waals surface area contributed by atoms with Crippen LogP contribution in [0.5, 0.6) is 0 Å². The molecule has 2 aromatic heterocycles. The number of aliphatic carboxylic acids is 2. The van der Waals surface area contributed by atoms with E-state index in [9.17, 15) is 19.8 Å². The van der Waals surface area contributed by atoms with Crippen LogP contribution in [-0.2, 0) is 37.3 Å². The number of carboxylic acids is 2. The summed E-state index contributed by atoms with van der Waals surface area (Å²) in [5.41, 5.74) is 1.20. The summed E-state index contributed by atoms with van der Waals surface area (Å²) >= 11 is 0.632. The molecule has 0 fully saturated rings. The molecule has 2 aromatic rings. The van der Waals surface area contributed by atoms with E-state index in [1.807, 2.05) is 0 Å². The van der Waals surface area contributed by atoms with Crippen LogP contribution in [0.25, 0.3) is 0 Å². The van der Waals surface area contributed by atoms with E-state index in [-0.39, 0.29) is 18.3 Å². The van der Waals surface area contributed by atoms with Crippen molar-refractivity contribution in [3.05, 3.63) is 36.4 Å². The fraction of sp³-hybridized carbons (Fsp3) is 0.333. The number of aromatic nitrogens is 4. The van der Waals surface area contributed by atoms with Crippen molar-refractivity contribution >= 4 is 11.9 Å². The molecule has 0 aliphatic heterocycles. The Labute approximate surface area is 142 Å². The van der Waals surface area contributed by atoms with Crippen LogP contribution in [0.1, 0.15) is 11.4 Å². The first kappa shape index (κ1) is 19.8. The van der Waals surface area contributed by atoms with Crippen molar-refractivity contribution in [3.8, 4) is 0 Å². The molecule has 0 spiro atoms. The Kier molecular flexibility index (Phi) is 8.06. The Hall–Kier alpha value is -2.27. The Morgan fingerprint density at radius 3 is 1.71 bits per heavy atom. The van der Waals surface area contributed by atoms with Gasteiger partial charge in [0, 0.05) is 0 Å². The first-order valence-corrected chi connectivity index (χ1v) is 7.53. The van der Waals surface area contributed by atoms with Crippen molar-refractivity contribution in [1.82, 2.24) is 28.7 Å². The first-order valence-electron chi connectivity index (χ1n) is 6.55. The Balaban J connectivity index is 0.00000288. The molecule has 136 valence electrons. The number of imidazole rings is 2. The number of aromatic amines is 2. The van der Waals surface area contributed by atoms with Crippen LogP contribution in [0.3, 0.4) is 0 Å². The van der Waals surface area contributed by atoms with Gasteiger partial charge >= 0.3 is 137 Å². The number of H-pyrrole nitrogens is 2. The number of carbonyl (C=O) groups is 2. The third kappa shape index (κ3) is 6.09. The van der Waals surface area contributed by atoms with Crippen molar-refractivity contribution in [2.75, 3.05) is 0 Å². The quantitative estimate of drug-likeness (QED) is 0.256. The van der Waals surface area contributed by atoms with E-state index in [1.165, 1.54) is 12.7 Å². The summed E-state index contributed by atoms with van der Waals surface area (Å²) in [6.45, 7) is 0. The summed E-state index contributed by atoms with van der Waals surface area (Å²) in [5.74, 6) is -2.10. The number of hydrogen-bond donors (Lipinski definition) is 6. The minimum absolute atomic E-state index is 0. The standard InChI is InChI=1S/2C6H8N3O2.Ni.H2O/c2*7-5(6(10)11)1-4-2-8-3-9-4;;/h2*2-3,5,7H,1H2,(H,8,9)(H,10,11);;1H2/q2*-1;+2;/t2*5-;;/m00../s1. The van der Waals surface area contributed by atoms with Gasteiger partial charge in [0.2, 0.25) is 0 Å². The van der Waals surface area contributed by atoms with Gasteiger partial charge in [0.05, 0.1) is 0 Å². The zero-order chi connectivity index (χ0) is 16.7. The van der Waals surface area contributed by atoms with Gasteiger partial charge in [-0.2, -0.15) is 0 Å². The zero-order valence-electron chi connectivity index (χ0n) is 12.3. The fourth-order valence-electron chi connectivity index (χ4n) is 1.68. The number of nitrogens with one attached hydrogen (secondary N) is 4. The molecule has 0 aliphatic carbocycles. The SMILES string of the molecule is O.O=C(O)[C@H](Cc1c[nH]cn1)[NH][Ni][NH][C@@H](Cc1c[nH]cn1)C(=O)O. The van der Waals surface area contributed by atoms with Crippen molar-refractivity contribution in [2.45, 2.75) is 24.9 Å². The molecule has 8 N–H and O–H groups in total. The predicted octanol–water partition coefficient (Wildman–Crippen LogP) is -1.91. The first-order chi connectivity index (χ1) is 11.1. The van der Waals surface area contributed by atoms with Gasteiger partial charge in [-0.15, -0.1) is 0 Å². The molecule has 0 saturated carbocycles. The van der Waals surface area contributed by atoms with Gasteiger partial charge < -0.3 is 5.48 Å². The predicted molar refractivity (Wildman–Crippen MR) is 77.3 cm³/mol. The third-order valence-corrected chi connectivity index (χ3v) is 3.82. The van der Waals surface area contributed by atoms with E-state index in [4.69, 9.17) is 0 Å². The topological polar surface area (TPSA) is 188 Å². The van der Waals surface area contributed by atoms with Gasteiger partial charge in [-0.1, -0.05) is 0 Å². The zero-order valence-corrected chi connectivity index (χ0v) is 13.3. The number of carboxylic acid groups (broad SMARTS) is 2. The van der Waals surface area contributed by atoms with Crippen molar-refractivity contribution in [1.29, 1.82) is 0 Å². The van der Waals surface area contributed by atoms with Crippen LogP contribution < -0.4 is 8.79 Å². The van der Waals surface area contributed by atoms with E-state index in [1.54, 1.807) is 12.4 Å². The second-order valence-corrected chi connectivity index (χ2v) is 5.39. The molecular weight excluding hydrogens is 367 g/mol. The Morgan fingerprint density at radius 2 is 1.42 bits per heavy atom. The fourth-order valence-corrected chi connectivity index (χ4v) is 2.55. The van der Waals surface area contributed by atoms with Crippen LogP contribution in [0, 0.1) is 0 Å². The maximum absolute atomic E-state index is 11.2. The molecule has 0 amide bonds. The second-order valence-electron chi connectivity index (χ2n) is 4.57. The average molecular weight is 385 g/mol. The summed E-state index contributed by atoms with van der Waals surface area (Å²) < 4.78 is 5.41. The Morgan fingerprint density at radius 1 is 1.00 bits per heavy atom. The molecule has 0 bridgehead atoms. The van der Waals surface area contributed by atoms with Crippen molar-refractivity contribution in [3.63, 3.8) is 0 Å². The summed E-state index contributed by atoms with van der Waals surface area (Å²) in [6, 6.07) is -1.80. The molecule has 0 unspecified atom stereocenters. The number of hydrogen-bond acceptors (Lipinski definition) is 6. The van der Waals surface area contributed by atoms with Gasteiger partial charge in [0.25, 0.3) is 0 Å². The molecule has 12 heteroatoms. The summed E-state index contributed by atoms with van der Waals surface area (Å²) in [4.78, 5) is 35.9.